The highest BCUT2D eigenvalue weighted by Crippen LogP contribution is 2.25. The molecule has 136 valence electrons. The van der Waals surface area contributed by atoms with E-state index in [0.717, 1.165) is 22.4 Å². The van der Waals surface area contributed by atoms with Crippen molar-refractivity contribution in [3.63, 3.8) is 0 Å². The predicted molar refractivity (Wildman–Crippen MR) is 99.1 cm³/mol. The first-order valence-corrected chi connectivity index (χ1v) is 9.57. The number of benzene rings is 2. The van der Waals surface area contributed by atoms with Gasteiger partial charge in [-0.15, -0.1) is 0 Å². The lowest BCUT2D eigenvalue weighted by molar-refractivity contribution is 0.322. The number of hydrogen-bond donors (Lipinski definition) is 1. The van der Waals surface area contributed by atoms with E-state index in [4.69, 9.17) is 9.47 Å². The molecule has 2 rings (SSSR count). The van der Waals surface area contributed by atoms with Crippen LogP contribution in [0.3, 0.4) is 0 Å². The molecule has 5 nitrogen and oxygen atoms in total. The Bertz CT molecular complexity index is 840. The van der Waals surface area contributed by atoms with E-state index in [2.05, 4.69) is 10.8 Å². The van der Waals surface area contributed by atoms with Crippen LogP contribution in [0.2, 0.25) is 0 Å². The zero-order chi connectivity index (χ0) is 18.6. The van der Waals surface area contributed by atoms with Gasteiger partial charge in [-0.05, 0) is 74.2 Å². The van der Waals surface area contributed by atoms with Gasteiger partial charge in [0.15, 0.2) is 0 Å². The Morgan fingerprint density at radius 2 is 1.56 bits per heavy atom. The van der Waals surface area contributed by atoms with E-state index in [1.807, 2.05) is 32.9 Å². The van der Waals surface area contributed by atoms with Crippen molar-refractivity contribution in [2.45, 2.75) is 32.6 Å². The van der Waals surface area contributed by atoms with Gasteiger partial charge in [0.2, 0.25) is 10.0 Å². The average Bonchev–Trinajstić information content (AvgIpc) is 2.52. The Balaban J connectivity index is 2.01. The average molecular weight is 363 g/mol. The Morgan fingerprint density at radius 3 is 2.16 bits per heavy atom. The van der Waals surface area contributed by atoms with Crippen molar-refractivity contribution in [3.8, 4) is 11.5 Å². The molecule has 0 fully saturated rings. The van der Waals surface area contributed by atoms with Crippen LogP contribution in [-0.4, -0.2) is 28.7 Å². The Labute approximate surface area is 150 Å². The molecule has 0 aliphatic heterocycles. The third-order valence-electron chi connectivity index (χ3n) is 3.84. The first-order chi connectivity index (χ1) is 11.7. The molecule has 2 aromatic carbocycles. The molecule has 0 aliphatic carbocycles. The standard InChI is InChI=1S/C19H25NO4S/c1-13-8-14(2)10-17(9-13)24-7-6-20-25(21,22)19-12-15(3)18(23-5)11-16(19)4/h8-12,20H,6-7H2,1-5H3. The summed E-state index contributed by atoms with van der Waals surface area (Å²) in [5.41, 5.74) is 3.64. The fourth-order valence-electron chi connectivity index (χ4n) is 2.71. The molecule has 0 aliphatic rings. The molecular weight excluding hydrogens is 338 g/mol. The van der Waals surface area contributed by atoms with E-state index in [1.54, 1.807) is 26.2 Å². The van der Waals surface area contributed by atoms with E-state index in [0.29, 0.717) is 11.3 Å². The molecule has 0 amide bonds. The SMILES string of the molecule is COc1cc(C)c(S(=O)(=O)NCCOc2cc(C)cc(C)c2)cc1C. The lowest BCUT2D eigenvalue weighted by Crippen LogP contribution is -2.29. The highest BCUT2D eigenvalue weighted by Gasteiger charge is 2.18. The van der Waals surface area contributed by atoms with Crippen LogP contribution in [-0.2, 0) is 10.0 Å². The molecule has 0 saturated heterocycles. The van der Waals surface area contributed by atoms with E-state index in [1.165, 1.54) is 0 Å². The van der Waals surface area contributed by atoms with E-state index in [-0.39, 0.29) is 18.0 Å². The lowest BCUT2D eigenvalue weighted by atomic mass is 10.1. The molecule has 25 heavy (non-hydrogen) atoms. The second-order valence-electron chi connectivity index (χ2n) is 6.16. The van der Waals surface area contributed by atoms with Gasteiger partial charge in [-0.1, -0.05) is 6.07 Å². The summed E-state index contributed by atoms with van der Waals surface area (Å²) in [7, 11) is -2.03. The van der Waals surface area contributed by atoms with E-state index in [9.17, 15) is 8.42 Å². The van der Waals surface area contributed by atoms with Gasteiger partial charge in [0.25, 0.3) is 0 Å². The van der Waals surface area contributed by atoms with Crippen LogP contribution in [0.15, 0.2) is 35.2 Å². The van der Waals surface area contributed by atoms with E-state index >= 15 is 0 Å². The van der Waals surface area contributed by atoms with Crippen molar-refractivity contribution in [2.75, 3.05) is 20.3 Å². The van der Waals surface area contributed by atoms with Crippen molar-refractivity contribution < 1.29 is 17.9 Å². The summed E-state index contributed by atoms with van der Waals surface area (Å²) in [4.78, 5) is 0.261. The number of sulfonamides is 1. The summed E-state index contributed by atoms with van der Waals surface area (Å²) in [6.07, 6.45) is 0. The molecule has 0 unspecified atom stereocenters. The normalized spacial score (nSPS) is 11.4. The molecule has 0 spiro atoms. The molecule has 0 atom stereocenters. The Hall–Kier alpha value is -2.05. The van der Waals surface area contributed by atoms with Gasteiger partial charge in [-0.3, -0.25) is 0 Å². The van der Waals surface area contributed by atoms with Crippen LogP contribution in [0.4, 0.5) is 0 Å². The molecule has 0 heterocycles. The minimum Gasteiger partial charge on any atom is -0.496 e. The maximum Gasteiger partial charge on any atom is 0.240 e. The molecule has 0 aromatic heterocycles. The minimum atomic E-state index is -3.59. The van der Waals surface area contributed by atoms with Crippen LogP contribution >= 0.6 is 0 Å². The fourth-order valence-corrected chi connectivity index (χ4v) is 4.03. The highest BCUT2D eigenvalue weighted by molar-refractivity contribution is 7.89. The van der Waals surface area contributed by atoms with Gasteiger partial charge in [-0.25, -0.2) is 13.1 Å². The van der Waals surface area contributed by atoms with Crippen LogP contribution in [0.5, 0.6) is 11.5 Å². The van der Waals surface area contributed by atoms with Gasteiger partial charge < -0.3 is 9.47 Å². The highest BCUT2D eigenvalue weighted by atomic mass is 32.2. The number of hydrogen-bond acceptors (Lipinski definition) is 4. The number of aryl methyl sites for hydroxylation is 4. The van der Waals surface area contributed by atoms with Gasteiger partial charge in [0.1, 0.15) is 18.1 Å². The van der Waals surface area contributed by atoms with Crippen LogP contribution in [0.1, 0.15) is 22.3 Å². The van der Waals surface area contributed by atoms with Crippen molar-refractivity contribution in [3.05, 3.63) is 52.6 Å². The quantitative estimate of drug-likeness (QED) is 0.767. The summed E-state index contributed by atoms with van der Waals surface area (Å²) in [5, 5.41) is 0. The van der Waals surface area contributed by atoms with Crippen molar-refractivity contribution >= 4 is 10.0 Å². The Kier molecular flexibility index (Phi) is 6.08. The molecule has 6 heteroatoms. The fraction of sp³-hybridized carbons (Fsp3) is 0.368. The Morgan fingerprint density at radius 1 is 0.920 bits per heavy atom. The monoisotopic (exact) mass is 363 g/mol. The summed E-state index contributed by atoms with van der Waals surface area (Å²) in [6, 6.07) is 9.28. The van der Waals surface area contributed by atoms with Gasteiger partial charge in [-0.2, -0.15) is 0 Å². The number of nitrogens with one attached hydrogen (secondary N) is 1. The number of methoxy groups -OCH3 is 1. The second kappa shape index (κ2) is 7.89. The summed E-state index contributed by atoms with van der Waals surface area (Å²) < 4.78 is 38.5. The minimum absolute atomic E-state index is 0.194. The third kappa shape index (κ3) is 4.96. The van der Waals surface area contributed by atoms with E-state index < -0.39 is 10.0 Å². The van der Waals surface area contributed by atoms with Crippen LogP contribution < -0.4 is 14.2 Å². The number of ether oxygens (including phenoxy) is 2. The smallest absolute Gasteiger partial charge is 0.240 e. The lowest BCUT2D eigenvalue weighted by Gasteiger charge is -2.13. The predicted octanol–water partition coefficient (Wildman–Crippen LogP) is 3.29. The first kappa shape index (κ1) is 19.3. The zero-order valence-corrected chi connectivity index (χ0v) is 16.2. The third-order valence-corrected chi connectivity index (χ3v) is 5.44. The second-order valence-corrected chi connectivity index (χ2v) is 7.89. The van der Waals surface area contributed by atoms with Crippen molar-refractivity contribution in [1.82, 2.24) is 4.72 Å². The molecule has 0 saturated carbocycles. The maximum atomic E-state index is 12.5. The maximum absolute atomic E-state index is 12.5. The number of rotatable bonds is 7. The summed E-state index contributed by atoms with van der Waals surface area (Å²) in [6.45, 7) is 8.02. The molecular formula is C19H25NO4S. The largest absolute Gasteiger partial charge is 0.496 e. The molecule has 0 bridgehead atoms. The summed E-state index contributed by atoms with van der Waals surface area (Å²) in [5.74, 6) is 1.42. The summed E-state index contributed by atoms with van der Waals surface area (Å²) >= 11 is 0. The molecule has 1 N–H and O–H groups in total. The van der Waals surface area contributed by atoms with Gasteiger partial charge in [0.05, 0.1) is 12.0 Å². The topological polar surface area (TPSA) is 64.6 Å². The van der Waals surface area contributed by atoms with Crippen LogP contribution in [0, 0.1) is 27.7 Å². The van der Waals surface area contributed by atoms with Crippen LogP contribution in [0.25, 0.3) is 0 Å². The first-order valence-electron chi connectivity index (χ1n) is 8.09. The molecule has 2 aromatic rings. The van der Waals surface area contributed by atoms with Gasteiger partial charge in [0, 0.05) is 6.54 Å². The molecule has 0 radical (unpaired) electrons. The van der Waals surface area contributed by atoms with Crippen molar-refractivity contribution in [1.29, 1.82) is 0 Å². The van der Waals surface area contributed by atoms with Gasteiger partial charge >= 0.3 is 0 Å². The zero-order valence-electron chi connectivity index (χ0n) is 15.3. The van der Waals surface area contributed by atoms with Crippen molar-refractivity contribution in [2.24, 2.45) is 0 Å².